The van der Waals surface area contributed by atoms with E-state index in [0.717, 1.165) is 24.9 Å². The second-order valence-electron chi connectivity index (χ2n) is 5.66. The van der Waals surface area contributed by atoms with Crippen molar-refractivity contribution < 1.29 is 9.21 Å². The largest absolute Gasteiger partial charge is 0.423 e. The van der Waals surface area contributed by atoms with Crippen molar-refractivity contribution in [2.75, 3.05) is 11.9 Å². The zero-order valence-electron chi connectivity index (χ0n) is 12.9. The molecular weight excluding hydrogens is 324 g/mol. The molecule has 6 nitrogen and oxygen atoms in total. The van der Waals surface area contributed by atoms with Crippen molar-refractivity contribution in [3.05, 3.63) is 53.0 Å². The SMILES string of the molecule is O=C(Nc1cccc(-c2nnco2)c1)N1CCCC1c1ccsc1. The molecule has 1 unspecified atom stereocenters. The van der Waals surface area contributed by atoms with E-state index in [-0.39, 0.29) is 12.1 Å². The Labute approximate surface area is 143 Å². The van der Waals surface area contributed by atoms with Crippen molar-refractivity contribution in [1.29, 1.82) is 0 Å². The molecular formula is C17H16N4O2S. The topological polar surface area (TPSA) is 71.3 Å². The summed E-state index contributed by atoms with van der Waals surface area (Å²) in [7, 11) is 0. The van der Waals surface area contributed by atoms with Crippen LogP contribution < -0.4 is 5.32 Å². The first-order chi connectivity index (χ1) is 11.8. The maximum Gasteiger partial charge on any atom is 0.322 e. The number of nitrogens with zero attached hydrogens (tertiary/aromatic N) is 3. The molecule has 0 radical (unpaired) electrons. The Hall–Kier alpha value is -2.67. The van der Waals surface area contributed by atoms with Gasteiger partial charge in [0.05, 0.1) is 6.04 Å². The Kier molecular flexibility index (Phi) is 4.00. The van der Waals surface area contributed by atoms with E-state index in [0.29, 0.717) is 11.6 Å². The Morgan fingerprint density at radius 3 is 3.12 bits per heavy atom. The summed E-state index contributed by atoms with van der Waals surface area (Å²) in [6.45, 7) is 0.774. The van der Waals surface area contributed by atoms with Crippen LogP contribution in [0.15, 0.2) is 51.9 Å². The molecule has 7 heteroatoms. The lowest BCUT2D eigenvalue weighted by atomic mass is 10.1. The Bertz CT molecular complexity index is 817. The van der Waals surface area contributed by atoms with Crippen LogP contribution in [0.25, 0.3) is 11.5 Å². The molecule has 0 saturated carbocycles. The van der Waals surface area contributed by atoms with E-state index in [9.17, 15) is 4.79 Å². The number of hydrogen-bond donors (Lipinski definition) is 1. The van der Waals surface area contributed by atoms with Crippen molar-refractivity contribution in [3.63, 3.8) is 0 Å². The van der Waals surface area contributed by atoms with Crippen molar-refractivity contribution in [2.45, 2.75) is 18.9 Å². The molecule has 122 valence electrons. The number of urea groups is 1. The summed E-state index contributed by atoms with van der Waals surface area (Å²) in [5, 5.41) is 14.7. The van der Waals surface area contributed by atoms with Gasteiger partial charge >= 0.3 is 6.03 Å². The molecule has 1 aliphatic rings. The fourth-order valence-corrected chi connectivity index (χ4v) is 3.75. The van der Waals surface area contributed by atoms with Crippen molar-refractivity contribution in [2.24, 2.45) is 0 Å². The van der Waals surface area contributed by atoms with Crippen LogP contribution in [-0.2, 0) is 0 Å². The van der Waals surface area contributed by atoms with Gasteiger partial charge in [0.2, 0.25) is 12.3 Å². The molecule has 0 aliphatic carbocycles. The first kappa shape index (κ1) is 14.9. The zero-order chi connectivity index (χ0) is 16.4. The number of anilines is 1. The third kappa shape index (κ3) is 2.90. The summed E-state index contributed by atoms with van der Waals surface area (Å²) in [5.41, 5.74) is 2.71. The van der Waals surface area contributed by atoms with Gasteiger partial charge in [0.1, 0.15) is 0 Å². The molecule has 2 amide bonds. The number of likely N-dealkylation sites (tertiary alicyclic amines) is 1. The summed E-state index contributed by atoms with van der Waals surface area (Å²) in [6, 6.07) is 9.59. The van der Waals surface area contributed by atoms with Crippen LogP contribution in [0.3, 0.4) is 0 Å². The van der Waals surface area contributed by atoms with E-state index in [1.54, 1.807) is 11.3 Å². The number of carbonyl (C=O) groups excluding carboxylic acids is 1. The number of carbonyl (C=O) groups is 1. The number of thiophene rings is 1. The highest BCUT2D eigenvalue weighted by molar-refractivity contribution is 7.08. The molecule has 1 fully saturated rings. The number of rotatable bonds is 3. The minimum absolute atomic E-state index is 0.0774. The molecule has 1 aliphatic heterocycles. The zero-order valence-corrected chi connectivity index (χ0v) is 13.7. The van der Waals surface area contributed by atoms with E-state index < -0.39 is 0 Å². The molecule has 3 heterocycles. The summed E-state index contributed by atoms with van der Waals surface area (Å²) < 4.78 is 5.20. The molecule has 1 atom stereocenters. The van der Waals surface area contributed by atoms with Crippen LogP contribution >= 0.6 is 11.3 Å². The Morgan fingerprint density at radius 2 is 2.33 bits per heavy atom. The maximum absolute atomic E-state index is 12.7. The molecule has 3 aromatic rings. The predicted octanol–water partition coefficient (Wildman–Crippen LogP) is 4.17. The standard InChI is InChI=1S/C17H16N4O2S/c22-17(21-7-2-5-15(21)13-6-8-24-10-13)19-14-4-1-3-12(9-14)16-20-18-11-23-16/h1,3-4,6,8-11,15H,2,5,7H2,(H,19,22). The number of benzene rings is 1. The van der Waals surface area contributed by atoms with E-state index in [2.05, 4.69) is 32.3 Å². The molecule has 1 N–H and O–H groups in total. The lowest BCUT2D eigenvalue weighted by Crippen LogP contribution is -2.34. The van der Waals surface area contributed by atoms with Crippen molar-refractivity contribution in [3.8, 4) is 11.5 Å². The van der Waals surface area contributed by atoms with Gasteiger partial charge in [0, 0.05) is 17.8 Å². The van der Waals surface area contributed by atoms with Crippen LogP contribution in [0.1, 0.15) is 24.4 Å². The van der Waals surface area contributed by atoms with Crippen LogP contribution in [0.2, 0.25) is 0 Å². The second kappa shape index (κ2) is 6.45. The van der Waals surface area contributed by atoms with Gasteiger partial charge in [-0.2, -0.15) is 11.3 Å². The van der Waals surface area contributed by atoms with Gasteiger partial charge in [-0.25, -0.2) is 4.79 Å². The quantitative estimate of drug-likeness (QED) is 0.777. The fraction of sp³-hybridized carbons (Fsp3) is 0.235. The number of hydrogen-bond acceptors (Lipinski definition) is 5. The maximum atomic E-state index is 12.7. The second-order valence-corrected chi connectivity index (χ2v) is 6.44. The van der Waals surface area contributed by atoms with Gasteiger partial charge < -0.3 is 14.6 Å². The minimum Gasteiger partial charge on any atom is -0.423 e. The van der Waals surface area contributed by atoms with Crippen molar-refractivity contribution >= 4 is 23.1 Å². The highest BCUT2D eigenvalue weighted by Gasteiger charge is 2.30. The lowest BCUT2D eigenvalue weighted by Gasteiger charge is -2.24. The van der Waals surface area contributed by atoms with E-state index in [1.807, 2.05) is 29.2 Å². The van der Waals surface area contributed by atoms with Gasteiger partial charge in [-0.05, 0) is 53.4 Å². The average Bonchev–Trinajstić information content (AvgIpc) is 3.35. The average molecular weight is 340 g/mol. The highest BCUT2D eigenvalue weighted by atomic mass is 32.1. The molecule has 0 bridgehead atoms. The normalized spacial score (nSPS) is 17.2. The molecule has 1 aromatic carbocycles. The smallest absolute Gasteiger partial charge is 0.322 e. The van der Waals surface area contributed by atoms with Crippen LogP contribution in [0, 0.1) is 0 Å². The van der Waals surface area contributed by atoms with Gasteiger partial charge in [-0.15, -0.1) is 10.2 Å². The summed E-state index contributed by atoms with van der Waals surface area (Å²) in [4.78, 5) is 14.6. The first-order valence-corrected chi connectivity index (χ1v) is 8.72. The van der Waals surface area contributed by atoms with Gasteiger partial charge in [0.25, 0.3) is 0 Å². The van der Waals surface area contributed by atoms with Crippen molar-refractivity contribution in [1.82, 2.24) is 15.1 Å². The van der Waals surface area contributed by atoms with Gasteiger partial charge in [0.15, 0.2) is 0 Å². The fourth-order valence-electron chi connectivity index (χ4n) is 3.05. The minimum atomic E-state index is -0.0774. The third-order valence-corrected chi connectivity index (χ3v) is 4.86. The van der Waals surface area contributed by atoms with Gasteiger partial charge in [-0.3, -0.25) is 0 Å². The van der Waals surface area contributed by atoms with E-state index in [4.69, 9.17) is 4.42 Å². The molecule has 4 rings (SSSR count). The van der Waals surface area contributed by atoms with Gasteiger partial charge in [-0.1, -0.05) is 6.07 Å². The summed E-state index contributed by atoms with van der Waals surface area (Å²) >= 11 is 1.66. The van der Waals surface area contributed by atoms with Crippen LogP contribution in [0.4, 0.5) is 10.5 Å². The molecule has 0 spiro atoms. The summed E-state index contributed by atoms with van der Waals surface area (Å²) in [5.74, 6) is 0.434. The number of amides is 2. The third-order valence-electron chi connectivity index (χ3n) is 4.16. The molecule has 24 heavy (non-hydrogen) atoms. The monoisotopic (exact) mass is 340 g/mol. The summed E-state index contributed by atoms with van der Waals surface area (Å²) in [6.07, 6.45) is 3.32. The predicted molar refractivity (Wildman–Crippen MR) is 91.8 cm³/mol. The molecule has 2 aromatic heterocycles. The lowest BCUT2D eigenvalue weighted by molar-refractivity contribution is 0.207. The van der Waals surface area contributed by atoms with Crippen LogP contribution in [-0.4, -0.2) is 27.7 Å². The highest BCUT2D eigenvalue weighted by Crippen LogP contribution is 2.33. The Morgan fingerprint density at radius 1 is 1.38 bits per heavy atom. The number of nitrogens with one attached hydrogen (secondary N) is 1. The van der Waals surface area contributed by atoms with Crippen LogP contribution in [0.5, 0.6) is 0 Å². The number of aromatic nitrogens is 2. The first-order valence-electron chi connectivity index (χ1n) is 7.77. The molecule has 1 saturated heterocycles. The Balaban J connectivity index is 1.51. The van der Waals surface area contributed by atoms with E-state index >= 15 is 0 Å². The van der Waals surface area contributed by atoms with E-state index in [1.165, 1.54) is 12.0 Å².